The average Bonchev–Trinajstić information content (AvgIpc) is 1.22. The molecule has 504 valence electrons. The zero-order chi connectivity index (χ0) is 66.9. The van der Waals surface area contributed by atoms with Gasteiger partial charge in [0.25, 0.3) is 0 Å². The van der Waals surface area contributed by atoms with E-state index in [2.05, 4.69) is 21.3 Å². The van der Waals surface area contributed by atoms with Gasteiger partial charge in [0.1, 0.15) is 66.3 Å². The largest absolute Gasteiger partial charge is 2.00 e. The second-order valence-electron chi connectivity index (χ2n) is 26.3. The van der Waals surface area contributed by atoms with Crippen molar-refractivity contribution in [3.8, 4) is 0 Å². The van der Waals surface area contributed by atoms with E-state index >= 15 is 9.59 Å². The number of rotatable bonds is 15. The molecule has 0 aliphatic carbocycles. The van der Waals surface area contributed by atoms with Crippen LogP contribution in [0.2, 0.25) is 0 Å². The number of carbonyl (C=O) groups is 11. The van der Waals surface area contributed by atoms with E-state index in [9.17, 15) is 53.4 Å². The van der Waals surface area contributed by atoms with Crippen molar-refractivity contribution in [2.75, 3.05) is 49.3 Å². The second-order valence-corrected chi connectivity index (χ2v) is 26.3. The number of hydrogen-bond acceptors (Lipinski definition) is 13. The number of allylic oxidation sites excluding steroid dienone is 2. The van der Waals surface area contributed by atoms with Gasteiger partial charge in [0.2, 0.25) is 59.1 Å². The molecule has 1 heterocycles. The van der Waals surface area contributed by atoms with Crippen LogP contribution in [0.4, 0.5) is 0 Å². The molecule has 1 fully saturated rings. The first-order valence-electron chi connectivity index (χ1n) is 30.5. The number of nitrogens with zero attached hydrogens (tertiary/aromatic N) is 7. The van der Waals surface area contributed by atoms with Crippen molar-refractivity contribution in [2.24, 2.45) is 35.5 Å². The van der Waals surface area contributed by atoms with E-state index in [0.717, 1.165) is 21.2 Å². The van der Waals surface area contributed by atoms with Gasteiger partial charge < -0.3 is 78.0 Å². The van der Waals surface area contributed by atoms with Gasteiger partial charge in [-0.15, -0.1) is 0 Å². The normalized spacial score (nSPS) is 26.2. The van der Waals surface area contributed by atoms with Gasteiger partial charge in [-0.3, -0.25) is 47.9 Å². The van der Waals surface area contributed by atoms with E-state index in [-0.39, 0.29) is 84.8 Å². The van der Waals surface area contributed by atoms with Gasteiger partial charge in [-0.2, -0.15) is 0 Å². The third kappa shape index (κ3) is 24.0. The van der Waals surface area contributed by atoms with Gasteiger partial charge in [0.15, 0.2) is 0 Å². The van der Waals surface area contributed by atoms with Gasteiger partial charge in [-0.1, -0.05) is 95.2 Å². The number of likely N-dealkylation sites (N-methyl/N-ethyl adjacent to an activating group) is 7. The first-order valence-corrected chi connectivity index (χ1v) is 30.5. The Hall–Kier alpha value is -5.61. The molecule has 0 aromatic carbocycles. The van der Waals surface area contributed by atoms with Gasteiger partial charge in [0.05, 0.1) is 11.7 Å². The molecule has 1 saturated heterocycles. The van der Waals surface area contributed by atoms with Crippen molar-refractivity contribution in [3.63, 3.8) is 0 Å². The summed E-state index contributed by atoms with van der Waals surface area (Å²) in [5.74, 6) is -10.5. The summed E-state index contributed by atoms with van der Waals surface area (Å²) in [4.78, 5) is 168. The van der Waals surface area contributed by atoms with Crippen molar-refractivity contribution in [2.45, 2.75) is 228 Å². The Morgan fingerprint density at radius 3 is 1.40 bits per heavy atom. The molecule has 0 radical (unpaired) electrons. The summed E-state index contributed by atoms with van der Waals surface area (Å²) in [6.45, 7) is 29.6. The third-order valence-electron chi connectivity index (χ3n) is 15.9. The summed E-state index contributed by atoms with van der Waals surface area (Å²) in [5.41, 5.74) is -1.56. The van der Waals surface area contributed by atoms with Crippen LogP contribution in [0.15, 0.2) is 12.2 Å². The average molecular weight is 1420 g/mol. The van der Waals surface area contributed by atoms with Crippen LogP contribution in [0.1, 0.15) is 156 Å². The smallest absolute Gasteiger partial charge is 0.469 e. The predicted molar refractivity (Wildman–Crippen MR) is 336 cm³/mol. The molecule has 0 unspecified atom stereocenters. The Balaban J connectivity index is 0. The monoisotopic (exact) mass is 1420 g/mol. The fourth-order valence-electron chi connectivity index (χ4n) is 10.6. The van der Waals surface area contributed by atoms with E-state index in [1.54, 1.807) is 60.6 Å². The summed E-state index contributed by atoms with van der Waals surface area (Å²) in [5, 5.41) is 33.9. The molecule has 88 heavy (non-hydrogen) atoms. The Labute approximate surface area is 541 Å². The zero-order valence-corrected chi connectivity index (χ0v) is 60.6. The van der Waals surface area contributed by atoms with Crippen LogP contribution in [-0.2, 0) is 73.8 Å². The Kier molecular flexibility index (Phi) is 36.0. The molecule has 1 aliphatic rings. The fraction of sp³-hybridized carbons (Fsp3) is 0.762. The van der Waals surface area contributed by atoms with Crippen LogP contribution in [0.5, 0.6) is 0 Å². The quantitative estimate of drug-likeness (QED) is 0.102. The molecule has 0 spiro atoms. The summed E-state index contributed by atoms with van der Waals surface area (Å²) in [7, 11) is 9.57. The van der Waals surface area contributed by atoms with Crippen LogP contribution >= 0.6 is 0 Å². The number of aliphatic hydroxyl groups excluding tert-OH is 1. The summed E-state index contributed by atoms with van der Waals surface area (Å²) >= 11 is 0. The van der Waals surface area contributed by atoms with Gasteiger partial charge >= 0.3 is 21.1 Å². The molecule has 12 atom stereocenters. The summed E-state index contributed by atoms with van der Waals surface area (Å²) in [6.07, 6.45) is 2.33. The topological polar surface area (TPSA) is 299 Å². The van der Waals surface area contributed by atoms with E-state index < -0.39 is 155 Å². The molecule has 0 aromatic rings. The number of hydrogen-bond donors (Lipinski definition) is 6. The van der Waals surface area contributed by atoms with Gasteiger partial charge in [0, 0.05) is 48.7 Å². The van der Waals surface area contributed by atoms with E-state index in [1.807, 2.05) is 41.5 Å². The Morgan fingerprint density at radius 1 is 0.523 bits per heavy atom. The van der Waals surface area contributed by atoms with E-state index in [1.165, 1.54) is 96.6 Å². The summed E-state index contributed by atoms with van der Waals surface area (Å²) in [6, 6.07) is -13.0. The zero-order valence-electron chi connectivity index (χ0n) is 57.7. The minimum absolute atomic E-state index is 0. The number of aliphatic hydroxyl groups is 2. The van der Waals surface area contributed by atoms with E-state index in [0.29, 0.717) is 0 Å². The fourth-order valence-corrected chi connectivity index (χ4v) is 10.6. The number of amides is 11. The molecule has 0 aromatic heterocycles. The molecule has 11 amide bonds. The first kappa shape index (κ1) is 84.5. The van der Waals surface area contributed by atoms with Crippen molar-refractivity contribution in [3.05, 3.63) is 26.1 Å². The molecular weight excluding hydrogens is 1300 g/mol. The predicted octanol–water partition coefficient (Wildman–Crippen LogP) is 2.99. The molecule has 0 bridgehead atoms. The molecule has 25 heteroatoms. The SMILES string of the molecule is CC=CC[C@@H](C)[C@@H](O)[C@H]1C(=O)N[C@@H](CC)C(=O)N(C)[CH-]C(=O)N(C)[C@@H](CC(C)(C)O)C(=O)N[C@@H](C(C)C)C(=O)N(C)[C@@H](CC(C)C)C(=O)N[C@@H](C)C(=O)N[C@H](C)C(=O)N(C)[C@@H](CC(C)C)C(=O)N(C)[C@@H](CC(C)C)C(=O)N(C)[C@@H](C(C)C)C(=O)N1C.[CH3-].[W+2]. The molecular formula is C63H113N11O13W. The van der Waals surface area contributed by atoms with Crippen LogP contribution < -0.4 is 21.3 Å². The summed E-state index contributed by atoms with van der Waals surface area (Å²) < 4.78 is 0. The van der Waals surface area contributed by atoms with Crippen LogP contribution in [-0.4, -0.2) is 231 Å². The van der Waals surface area contributed by atoms with Gasteiger partial charge in [-0.05, 0) is 109 Å². The first-order chi connectivity index (χ1) is 39.5. The third-order valence-corrected chi connectivity index (χ3v) is 15.9. The van der Waals surface area contributed by atoms with Crippen LogP contribution in [0.25, 0.3) is 0 Å². The maximum absolute atomic E-state index is 15.1. The second kappa shape index (κ2) is 37.5. The van der Waals surface area contributed by atoms with Gasteiger partial charge in [-0.25, -0.2) is 6.54 Å². The van der Waals surface area contributed by atoms with Crippen molar-refractivity contribution >= 4 is 65.0 Å². The Morgan fingerprint density at radius 2 is 0.955 bits per heavy atom. The molecule has 1 rings (SSSR count). The maximum Gasteiger partial charge on any atom is 2.00 e. The minimum atomic E-state index is -1.65. The Bertz CT molecular complexity index is 2380. The van der Waals surface area contributed by atoms with Crippen LogP contribution in [0.3, 0.4) is 0 Å². The van der Waals surface area contributed by atoms with Crippen LogP contribution in [0, 0.1) is 49.5 Å². The number of nitrogens with one attached hydrogen (secondary N) is 4. The molecule has 6 N–H and O–H groups in total. The van der Waals surface area contributed by atoms with Crippen molar-refractivity contribution < 1.29 is 84.0 Å². The standard InChI is InChI=1S/C62H110N11O13.CH3.W/c1-25-27-28-39(13)51(75)50-55(79)65-42(26-2)57(81)67(18)33-47(74)68(19)46(32-62(16,17)86)54(78)66-48(37(9)10)60(84)69(20)43(29-34(3)4)53(77)63-40(14)52(76)64-41(15)56(80)70(21)44(30-35(5)6)58(82)71(22)45(31-36(7)8)59(83)72(23)49(38(11)12)61(85)73(50)24;;/h25,27,33-46,48-51,75,86H,26,28-32H2,1-24H3,(H,63,77)(H,64,76)(H,65,79)(H,66,78);1H3;/q2*-1;+2/t39-,40+,41-,42+,43+,44+,45+,46+,48+,49+,50+,51-;;/m1../s1. The minimum Gasteiger partial charge on any atom is -0.469 e. The van der Waals surface area contributed by atoms with Crippen molar-refractivity contribution in [1.29, 1.82) is 0 Å². The van der Waals surface area contributed by atoms with E-state index in [4.69, 9.17) is 0 Å². The van der Waals surface area contributed by atoms with Crippen molar-refractivity contribution in [1.82, 2.24) is 55.6 Å². The molecule has 24 nitrogen and oxygen atoms in total. The molecule has 0 saturated carbocycles. The maximum atomic E-state index is 15.1. The number of carbonyl (C=O) groups excluding carboxylic acids is 11. The molecule has 1 aliphatic heterocycles.